The van der Waals surface area contributed by atoms with Gasteiger partial charge in [-0.2, -0.15) is 22.0 Å². The Morgan fingerprint density at radius 1 is 1.20 bits per heavy atom. The molecule has 1 aromatic carbocycles. The third-order valence-corrected chi connectivity index (χ3v) is 6.70. The molecule has 1 aromatic heterocycles. The van der Waals surface area contributed by atoms with E-state index in [0.717, 1.165) is 6.20 Å². The summed E-state index contributed by atoms with van der Waals surface area (Å²) in [7, 11) is -4.53. The van der Waals surface area contributed by atoms with E-state index in [2.05, 4.69) is 25.7 Å². The van der Waals surface area contributed by atoms with Crippen molar-refractivity contribution in [3.8, 4) is 0 Å². The Balaban J connectivity index is 1.95. The van der Waals surface area contributed by atoms with Crippen LogP contribution in [-0.4, -0.2) is 31.8 Å². The van der Waals surface area contributed by atoms with Gasteiger partial charge in [-0.05, 0) is 40.4 Å². The van der Waals surface area contributed by atoms with E-state index in [1.165, 1.54) is 0 Å². The fourth-order valence-electron chi connectivity index (χ4n) is 3.23. The number of hydrogen-bond donors (Lipinski definition) is 2. The summed E-state index contributed by atoms with van der Waals surface area (Å²) in [6.45, 7) is -3.69. The Kier molecular flexibility index (Phi) is 5.88. The second kappa shape index (κ2) is 7.71. The van der Waals surface area contributed by atoms with Crippen LogP contribution in [0.25, 0.3) is 0 Å². The van der Waals surface area contributed by atoms with Gasteiger partial charge < -0.3 is 9.72 Å². The van der Waals surface area contributed by atoms with Crippen molar-refractivity contribution >= 4 is 31.6 Å². The van der Waals surface area contributed by atoms with Crippen LogP contribution in [0.2, 0.25) is 0 Å². The van der Waals surface area contributed by atoms with Crippen LogP contribution in [0.4, 0.5) is 36.4 Å². The van der Waals surface area contributed by atoms with Gasteiger partial charge >= 0.3 is 12.8 Å². The summed E-state index contributed by atoms with van der Waals surface area (Å²) in [5, 5.41) is 0. The topological polar surface area (TPSA) is 71.2 Å². The second-order valence-electron chi connectivity index (χ2n) is 6.51. The van der Waals surface area contributed by atoms with Crippen molar-refractivity contribution in [2.24, 2.45) is 0 Å². The average molecular weight is 525 g/mol. The zero-order valence-corrected chi connectivity index (χ0v) is 17.0. The number of sulfonamides is 1. The Hall–Kier alpha value is -1.80. The van der Waals surface area contributed by atoms with E-state index in [-0.39, 0.29) is 15.7 Å². The molecule has 0 aliphatic heterocycles. The molecule has 2 aromatic rings. The first-order valence-corrected chi connectivity index (χ1v) is 10.4. The van der Waals surface area contributed by atoms with Crippen LogP contribution in [-0.2, 0) is 27.6 Å². The maximum absolute atomic E-state index is 14.0. The van der Waals surface area contributed by atoms with Crippen LogP contribution >= 0.6 is 15.9 Å². The van der Waals surface area contributed by atoms with Gasteiger partial charge in [0.2, 0.25) is 0 Å². The van der Waals surface area contributed by atoms with Gasteiger partial charge in [-0.15, -0.1) is 0 Å². The standard InChI is InChI=1S/C16H12BrF7N2O3S/c17-8-3-10(19)11(4-9(8)18)26-30(27,28)13-6-25-12-5-15(16(22,23)24,29-14(20)21)2-1-7(12)13/h3-4,6,14,25-26H,1-2,5H2/t15-/m0/s1. The van der Waals surface area contributed by atoms with Crippen LogP contribution < -0.4 is 4.72 Å². The highest BCUT2D eigenvalue weighted by Gasteiger charge is 2.59. The molecule has 0 fully saturated rings. The highest BCUT2D eigenvalue weighted by atomic mass is 79.9. The number of ether oxygens (including phenoxy) is 1. The smallest absolute Gasteiger partial charge is 0.363 e. The van der Waals surface area contributed by atoms with Gasteiger partial charge in [-0.3, -0.25) is 4.72 Å². The Labute approximate surface area is 173 Å². The SMILES string of the molecule is O=S(=O)(Nc1cc(F)c(Br)cc1F)c1c[nH]c2c1CC[C@@](OC(F)F)(C(F)(F)F)C2. The summed E-state index contributed by atoms with van der Waals surface area (Å²) in [6, 6.07) is 1.28. The maximum Gasteiger partial charge on any atom is 0.418 e. The van der Waals surface area contributed by atoms with Crippen molar-refractivity contribution in [2.45, 2.75) is 42.5 Å². The lowest BCUT2D eigenvalue weighted by Crippen LogP contribution is -2.52. The highest BCUT2D eigenvalue weighted by Crippen LogP contribution is 2.45. The fourth-order valence-corrected chi connectivity index (χ4v) is 4.86. The number of fused-ring (bicyclic) bond motifs is 1. The predicted molar refractivity (Wildman–Crippen MR) is 93.6 cm³/mol. The molecule has 2 N–H and O–H groups in total. The number of hydrogen-bond acceptors (Lipinski definition) is 3. The minimum Gasteiger partial charge on any atom is -0.363 e. The first-order chi connectivity index (χ1) is 13.8. The molecule has 1 atom stereocenters. The van der Waals surface area contributed by atoms with E-state index in [1.807, 2.05) is 4.72 Å². The van der Waals surface area contributed by atoms with E-state index in [0.29, 0.717) is 12.1 Å². The molecule has 0 amide bonds. The first kappa shape index (κ1) is 22.9. The number of alkyl halides is 5. The molecule has 0 saturated carbocycles. The van der Waals surface area contributed by atoms with Crippen molar-refractivity contribution < 1.29 is 43.9 Å². The summed E-state index contributed by atoms with van der Waals surface area (Å²) in [4.78, 5) is 1.83. The molecule has 1 aliphatic carbocycles. The number of aromatic nitrogens is 1. The third-order valence-electron chi connectivity index (χ3n) is 4.66. The number of anilines is 1. The zero-order valence-electron chi connectivity index (χ0n) is 14.6. The molecule has 3 rings (SSSR count). The minimum absolute atomic E-state index is 0.0850. The van der Waals surface area contributed by atoms with E-state index in [4.69, 9.17) is 0 Å². The maximum atomic E-state index is 14.0. The molecule has 0 spiro atoms. The molecule has 0 unspecified atom stereocenters. The van der Waals surface area contributed by atoms with Gasteiger partial charge in [0.25, 0.3) is 10.0 Å². The molecule has 14 heteroatoms. The second-order valence-corrected chi connectivity index (χ2v) is 9.01. The lowest BCUT2D eigenvalue weighted by atomic mass is 9.83. The Morgan fingerprint density at radius 2 is 1.87 bits per heavy atom. The molecular formula is C16H12BrF7N2O3S. The zero-order chi connectivity index (χ0) is 22.5. The van der Waals surface area contributed by atoms with Gasteiger partial charge in [0, 0.05) is 24.4 Å². The van der Waals surface area contributed by atoms with Gasteiger partial charge in [0.1, 0.15) is 16.5 Å². The fraction of sp³-hybridized carbons (Fsp3) is 0.375. The van der Waals surface area contributed by atoms with Gasteiger partial charge in [-0.25, -0.2) is 17.2 Å². The van der Waals surface area contributed by atoms with E-state index < -0.39 is 69.9 Å². The normalized spacial score (nSPS) is 19.8. The summed E-state index contributed by atoms with van der Waals surface area (Å²) < 4.78 is 124. The molecule has 166 valence electrons. The van der Waals surface area contributed by atoms with Crippen molar-refractivity contribution in [3.63, 3.8) is 0 Å². The molecule has 1 aliphatic rings. The lowest BCUT2D eigenvalue weighted by molar-refractivity contribution is -0.330. The number of H-pyrrole nitrogens is 1. The number of benzene rings is 1. The molecule has 0 radical (unpaired) electrons. The summed E-state index contributed by atoms with van der Waals surface area (Å²) in [5.41, 5.74) is -4.25. The van der Waals surface area contributed by atoms with E-state index in [1.54, 1.807) is 0 Å². The third kappa shape index (κ3) is 4.17. The molecule has 30 heavy (non-hydrogen) atoms. The minimum atomic E-state index is -5.14. The van der Waals surface area contributed by atoms with Crippen molar-refractivity contribution in [2.75, 3.05) is 4.72 Å². The first-order valence-electron chi connectivity index (χ1n) is 8.15. The highest BCUT2D eigenvalue weighted by molar-refractivity contribution is 9.10. The molecule has 1 heterocycles. The average Bonchev–Trinajstić information content (AvgIpc) is 3.02. The number of halogens is 8. The summed E-state index contributed by atoms with van der Waals surface area (Å²) in [6.07, 6.45) is -6.85. The van der Waals surface area contributed by atoms with Crippen LogP contribution in [0.1, 0.15) is 17.7 Å². The van der Waals surface area contributed by atoms with E-state index >= 15 is 0 Å². The Bertz CT molecular complexity index is 1070. The lowest BCUT2D eigenvalue weighted by Gasteiger charge is -2.38. The molecule has 0 bridgehead atoms. The quantitative estimate of drug-likeness (QED) is 0.432. The predicted octanol–water partition coefficient (Wildman–Crippen LogP) is 4.89. The summed E-state index contributed by atoms with van der Waals surface area (Å²) >= 11 is 2.74. The van der Waals surface area contributed by atoms with E-state index in [9.17, 15) is 39.2 Å². The van der Waals surface area contributed by atoms with Crippen LogP contribution in [0, 0.1) is 11.6 Å². The van der Waals surface area contributed by atoms with Gasteiger partial charge in [0.15, 0.2) is 5.60 Å². The number of aromatic amines is 1. The van der Waals surface area contributed by atoms with Gasteiger partial charge in [0.05, 0.1) is 10.2 Å². The number of nitrogens with one attached hydrogen (secondary N) is 2. The molecule has 0 saturated heterocycles. The monoisotopic (exact) mass is 524 g/mol. The van der Waals surface area contributed by atoms with Crippen LogP contribution in [0.15, 0.2) is 27.7 Å². The van der Waals surface area contributed by atoms with Gasteiger partial charge in [-0.1, -0.05) is 0 Å². The molecular weight excluding hydrogens is 513 g/mol. The summed E-state index contributed by atoms with van der Waals surface area (Å²) in [5.74, 6) is -2.05. The van der Waals surface area contributed by atoms with Crippen molar-refractivity contribution in [3.05, 3.63) is 45.7 Å². The van der Waals surface area contributed by atoms with Crippen molar-refractivity contribution in [1.82, 2.24) is 4.98 Å². The number of rotatable bonds is 5. The largest absolute Gasteiger partial charge is 0.418 e. The van der Waals surface area contributed by atoms with Crippen molar-refractivity contribution in [1.29, 1.82) is 0 Å². The Morgan fingerprint density at radius 3 is 2.47 bits per heavy atom. The van der Waals surface area contributed by atoms with Crippen LogP contribution in [0.3, 0.4) is 0 Å². The van der Waals surface area contributed by atoms with Crippen LogP contribution in [0.5, 0.6) is 0 Å². The molecule has 5 nitrogen and oxygen atoms in total.